The normalized spacial score (nSPS) is 19.6. The highest BCUT2D eigenvalue weighted by atomic mass is 35.5. The van der Waals surface area contributed by atoms with E-state index in [0.717, 1.165) is 35.6 Å². The number of amides is 3. The number of ether oxygens (including phenoxy) is 2. The van der Waals surface area contributed by atoms with Crippen molar-refractivity contribution in [2.45, 2.75) is 64.8 Å². The Morgan fingerprint density at radius 3 is 2.57 bits per heavy atom. The molecule has 0 spiro atoms. The largest absolute Gasteiger partial charge is 0.490 e. The van der Waals surface area contributed by atoms with Crippen LogP contribution in [-0.2, 0) is 11.3 Å². The zero-order valence-electron chi connectivity index (χ0n) is 29.7. The van der Waals surface area contributed by atoms with Crippen LogP contribution in [0, 0.1) is 5.92 Å². The number of anilines is 2. The smallest absolute Gasteiger partial charge is 0.323 e. The minimum absolute atomic E-state index is 0.0850. The lowest BCUT2D eigenvalue weighted by Crippen LogP contribution is -2.47. The third-order valence-corrected chi connectivity index (χ3v) is 10.0. The summed E-state index contributed by atoms with van der Waals surface area (Å²) in [5.41, 5.74) is 2.45. The first-order chi connectivity index (χ1) is 24.5. The molecule has 11 heteroatoms. The number of benzene rings is 4. The van der Waals surface area contributed by atoms with E-state index in [1.54, 1.807) is 29.2 Å². The third-order valence-electron chi connectivity index (χ3n) is 9.28. The predicted molar refractivity (Wildman–Crippen MR) is 206 cm³/mol. The molecule has 4 aromatic rings. The Balaban J connectivity index is 1.38. The van der Waals surface area contributed by atoms with Crippen LogP contribution in [0.2, 0.25) is 10.0 Å². The fraction of sp³-hybridized carbons (Fsp3) is 0.400. The maximum Gasteiger partial charge on any atom is 0.323 e. The minimum Gasteiger partial charge on any atom is -0.490 e. The molecule has 1 aliphatic heterocycles. The number of halogens is 2. The van der Waals surface area contributed by atoms with Crippen molar-refractivity contribution in [1.82, 2.24) is 9.80 Å². The lowest BCUT2D eigenvalue weighted by atomic mass is 10.0. The summed E-state index contributed by atoms with van der Waals surface area (Å²) in [6, 6.07) is 23.4. The Bertz CT molecular complexity index is 1800. The van der Waals surface area contributed by atoms with Crippen LogP contribution in [0.15, 0.2) is 78.9 Å². The van der Waals surface area contributed by atoms with Crippen LogP contribution in [0.25, 0.3) is 10.8 Å². The highest BCUT2D eigenvalue weighted by Gasteiger charge is 2.30. The van der Waals surface area contributed by atoms with Gasteiger partial charge in [0.1, 0.15) is 5.75 Å². The van der Waals surface area contributed by atoms with Gasteiger partial charge in [0.05, 0.1) is 46.2 Å². The quantitative estimate of drug-likeness (QED) is 0.167. The van der Waals surface area contributed by atoms with Crippen LogP contribution in [-0.4, -0.2) is 78.4 Å². The second-order valence-corrected chi connectivity index (χ2v) is 14.4. The molecule has 0 fully saturated rings. The number of fused-ring (bicyclic) bond motifs is 2. The first-order valence-corrected chi connectivity index (χ1v) is 18.3. The molecule has 4 aromatic carbocycles. The van der Waals surface area contributed by atoms with E-state index in [4.69, 9.17) is 32.7 Å². The lowest BCUT2D eigenvalue weighted by Gasteiger charge is -2.36. The summed E-state index contributed by atoms with van der Waals surface area (Å²) in [6.07, 6.45) is 2.18. The van der Waals surface area contributed by atoms with Gasteiger partial charge in [-0.1, -0.05) is 72.6 Å². The van der Waals surface area contributed by atoms with Gasteiger partial charge in [0.2, 0.25) is 0 Å². The van der Waals surface area contributed by atoms with E-state index in [1.165, 1.54) is 0 Å². The van der Waals surface area contributed by atoms with Gasteiger partial charge in [0.25, 0.3) is 5.91 Å². The molecule has 1 aliphatic rings. The predicted octanol–water partition coefficient (Wildman–Crippen LogP) is 8.72. The fourth-order valence-electron chi connectivity index (χ4n) is 6.40. The topological polar surface area (TPSA) is 103 Å². The summed E-state index contributed by atoms with van der Waals surface area (Å²) in [7, 11) is 2.03. The van der Waals surface area contributed by atoms with Crippen molar-refractivity contribution in [3.05, 3.63) is 100 Å². The lowest BCUT2D eigenvalue weighted by molar-refractivity contribution is -0.0177. The molecular weight excluding hydrogens is 687 g/mol. The molecule has 0 bridgehead atoms. The third kappa shape index (κ3) is 10.4. The van der Waals surface area contributed by atoms with Gasteiger partial charge in [-0.25, -0.2) is 4.79 Å². The number of urea groups is 1. The van der Waals surface area contributed by atoms with Crippen LogP contribution in [0.4, 0.5) is 16.2 Å². The van der Waals surface area contributed by atoms with Gasteiger partial charge in [-0.05, 0) is 87.5 Å². The SMILES string of the molecule is C[C@@H]1CCCCO[C@@H](CN(C)Cc2ccc(Cl)c(Cl)c2)[C@@H](C)CN([C@@H](C)CO)C(=O)c2cc(NC(=O)Nc3cccc4ccccc34)ccc2O1. The van der Waals surface area contributed by atoms with E-state index in [2.05, 4.69) is 22.5 Å². The van der Waals surface area contributed by atoms with E-state index in [1.807, 2.05) is 75.5 Å². The van der Waals surface area contributed by atoms with Crippen LogP contribution in [0.5, 0.6) is 5.75 Å². The maximum atomic E-state index is 14.5. The molecule has 0 unspecified atom stereocenters. The molecule has 0 radical (unpaired) electrons. The maximum absolute atomic E-state index is 14.5. The molecule has 51 heavy (non-hydrogen) atoms. The van der Waals surface area contributed by atoms with Crippen molar-refractivity contribution in [2.24, 2.45) is 5.92 Å². The Hall–Kier alpha value is -3.86. The summed E-state index contributed by atoms with van der Waals surface area (Å²) in [6.45, 7) is 7.84. The Labute approximate surface area is 310 Å². The minimum atomic E-state index is -0.487. The van der Waals surface area contributed by atoms with Crippen molar-refractivity contribution in [2.75, 3.05) is 44.0 Å². The number of rotatable bonds is 8. The summed E-state index contributed by atoms with van der Waals surface area (Å²) in [5.74, 6) is 0.0448. The summed E-state index contributed by atoms with van der Waals surface area (Å²) in [4.78, 5) is 31.6. The molecule has 5 rings (SSSR count). The number of carbonyl (C=O) groups is 2. The molecule has 0 saturated heterocycles. The first kappa shape index (κ1) is 38.4. The fourth-order valence-corrected chi connectivity index (χ4v) is 6.72. The molecule has 0 saturated carbocycles. The van der Waals surface area contributed by atoms with Crippen molar-refractivity contribution < 1.29 is 24.2 Å². The zero-order valence-corrected chi connectivity index (χ0v) is 31.2. The zero-order chi connectivity index (χ0) is 36.5. The molecule has 3 amide bonds. The standard InChI is InChI=1S/C40H48Cl2N4O5/c1-26-22-46(27(2)25-47)39(48)33-21-31(43-40(49)44-36-14-9-12-30-11-5-6-13-32(30)36)16-18-37(33)51-28(3)10-7-8-19-50-38(26)24-45(4)23-29-15-17-34(41)35(42)20-29/h5-6,9,11-18,20-21,26-28,38,47H,7-8,10,19,22-25H2,1-4H3,(H2,43,44,49)/t26-,27-,28+,38-/m0/s1. The van der Waals surface area contributed by atoms with Crippen LogP contribution >= 0.6 is 23.2 Å². The van der Waals surface area contributed by atoms with Crippen molar-refractivity contribution in [1.29, 1.82) is 0 Å². The number of nitrogens with zero attached hydrogens (tertiary/aromatic N) is 2. The average Bonchev–Trinajstić information content (AvgIpc) is 3.11. The van der Waals surface area contributed by atoms with Crippen LogP contribution in [0.3, 0.4) is 0 Å². The van der Waals surface area contributed by atoms with E-state index in [-0.39, 0.29) is 30.6 Å². The first-order valence-electron chi connectivity index (χ1n) is 17.5. The van der Waals surface area contributed by atoms with Gasteiger partial charge in [-0.15, -0.1) is 0 Å². The number of hydrogen-bond acceptors (Lipinski definition) is 6. The van der Waals surface area contributed by atoms with E-state index in [0.29, 0.717) is 59.0 Å². The summed E-state index contributed by atoms with van der Waals surface area (Å²) >= 11 is 12.4. The number of aliphatic hydroxyl groups excluding tert-OH is 1. The van der Waals surface area contributed by atoms with Crippen LogP contribution in [0.1, 0.15) is 56.0 Å². The second-order valence-electron chi connectivity index (χ2n) is 13.6. The van der Waals surface area contributed by atoms with Crippen LogP contribution < -0.4 is 15.4 Å². The number of aliphatic hydroxyl groups is 1. The van der Waals surface area contributed by atoms with Gasteiger partial charge >= 0.3 is 6.03 Å². The van der Waals surface area contributed by atoms with Gasteiger partial charge < -0.3 is 30.1 Å². The van der Waals surface area contributed by atoms with Gasteiger partial charge in [-0.2, -0.15) is 0 Å². The monoisotopic (exact) mass is 734 g/mol. The Morgan fingerprint density at radius 2 is 1.78 bits per heavy atom. The number of likely N-dealkylation sites (N-methyl/N-ethyl adjacent to an activating group) is 1. The molecule has 4 atom stereocenters. The van der Waals surface area contributed by atoms with E-state index >= 15 is 0 Å². The number of hydrogen-bond donors (Lipinski definition) is 3. The van der Waals surface area contributed by atoms with Crippen molar-refractivity contribution in [3.8, 4) is 5.75 Å². The molecule has 0 aliphatic carbocycles. The average molecular weight is 736 g/mol. The number of carbonyl (C=O) groups excluding carboxylic acids is 2. The van der Waals surface area contributed by atoms with Crippen molar-refractivity contribution >= 4 is 57.3 Å². The van der Waals surface area contributed by atoms with E-state index in [9.17, 15) is 14.7 Å². The Morgan fingerprint density at radius 1 is 1.00 bits per heavy atom. The van der Waals surface area contributed by atoms with Gasteiger partial charge in [-0.3, -0.25) is 9.69 Å². The molecule has 0 aromatic heterocycles. The molecule has 3 N–H and O–H groups in total. The second kappa shape index (κ2) is 18.1. The molecule has 9 nitrogen and oxygen atoms in total. The molecular formula is C40H48Cl2N4O5. The summed E-state index contributed by atoms with van der Waals surface area (Å²) < 4.78 is 12.9. The van der Waals surface area contributed by atoms with Gasteiger partial charge in [0, 0.05) is 43.2 Å². The highest BCUT2D eigenvalue weighted by molar-refractivity contribution is 6.42. The molecule has 272 valence electrons. The number of nitrogens with one attached hydrogen (secondary N) is 2. The van der Waals surface area contributed by atoms with E-state index < -0.39 is 12.1 Å². The Kier molecular flexibility index (Phi) is 13.6. The highest BCUT2D eigenvalue weighted by Crippen LogP contribution is 2.30. The van der Waals surface area contributed by atoms with Gasteiger partial charge in [0.15, 0.2) is 0 Å². The summed E-state index contributed by atoms with van der Waals surface area (Å²) in [5, 5.41) is 19.1. The van der Waals surface area contributed by atoms with Crippen molar-refractivity contribution in [3.63, 3.8) is 0 Å². The molecule has 1 heterocycles.